The first kappa shape index (κ1) is 13.5. The molecule has 2 unspecified atom stereocenters. The van der Waals surface area contributed by atoms with Gasteiger partial charge >= 0.3 is 0 Å². The molecule has 0 aliphatic carbocycles. The van der Waals surface area contributed by atoms with Gasteiger partial charge in [-0.2, -0.15) is 4.98 Å². The van der Waals surface area contributed by atoms with Crippen molar-refractivity contribution in [3.05, 3.63) is 11.7 Å². The molecule has 2 atom stereocenters. The lowest BCUT2D eigenvalue weighted by Crippen LogP contribution is -2.29. The van der Waals surface area contributed by atoms with Crippen LogP contribution >= 0.6 is 0 Å². The van der Waals surface area contributed by atoms with Gasteiger partial charge in [0.05, 0.1) is 0 Å². The van der Waals surface area contributed by atoms with E-state index in [2.05, 4.69) is 43.2 Å². The minimum absolute atomic E-state index is 0.279. The van der Waals surface area contributed by atoms with Gasteiger partial charge in [0.2, 0.25) is 5.89 Å². The summed E-state index contributed by atoms with van der Waals surface area (Å²) in [5.41, 5.74) is 0.279. The molecule has 0 saturated carbocycles. The number of nitrogens with zero attached hydrogens (tertiary/aromatic N) is 2. The van der Waals surface area contributed by atoms with Crippen LogP contribution in [0.2, 0.25) is 0 Å². The van der Waals surface area contributed by atoms with E-state index in [1.807, 2.05) is 0 Å². The molecule has 2 heterocycles. The fraction of sp³-hybridized carbons (Fsp3) is 0.857. The van der Waals surface area contributed by atoms with E-state index in [0.29, 0.717) is 11.8 Å². The first-order valence-electron chi connectivity index (χ1n) is 7.00. The molecular formula is C14H25N3O. The third-order valence-corrected chi connectivity index (χ3v) is 4.11. The number of aromatic nitrogens is 2. The summed E-state index contributed by atoms with van der Waals surface area (Å²) in [7, 11) is 0. The SMILES string of the molecule is CC(Cc1nc(C2CCCNC2)no1)C(C)(C)C. The van der Waals surface area contributed by atoms with Gasteiger partial charge < -0.3 is 9.84 Å². The number of nitrogens with one attached hydrogen (secondary N) is 1. The maximum absolute atomic E-state index is 5.39. The van der Waals surface area contributed by atoms with Crippen LogP contribution in [-0.2, 0) is 6.42 Å². The minimum Gasteiger partial charge on any atom is -0.339 e. The average Bonchev–Trinajstić information content (AvgIpc) is 2.77. The number of piperidine rings is 1. The average molecular weight is 251 g/mol. The molecule has 1 fully saturated rings. The zero-order chi connectivity index (χ0) is 13.2. The molecule has 0 bridgehead atoms. The Morgan fingerprint density at radius 3 is 2.83 bits per heavy atom. The Morgan fingerprint density at radius 1 is 1.44 bits per heavy atom. The molecule has 1 saturated heterocycles. The lowest BCUT2D eigenvalue weighted by atomic mass is 9.80. The Bertz CT molecular complexity index is 375. The Labute approximate surface area is 110 Å². The van der Waals surface area contributed by atoms with Crippen LogP contribution in [0.1, 0.15) is 58.2 Å². The second-order valence-electron chi connectivity index (χ2n) is 6.56. The molecule has 2 rings (SSSR count). The fourth-order valence-electron chi connectivity index (χ4n) is 2.16. The second-order valence-corrected chi connectivity index (χ2v) is 6.56. The lowest BCUT2D eigenvalue weighted by Gasteiger charge is -2.25. The zero-order valence-corrected chi connectivity index (χ0v) is 12.0. The number of hydrogen-bond acceptors (Lipinski definition) is 4. The molecule has 1 aliphatic rings. The maximum atomic E-state index is 5.39. The van der Waals surface area contributed by atoms with E-state index >= 15 is 0 Å². The molecule has 0 aromatic carbocycles. The highest BCUT2D eigenvalue weighted by Crippen LogP contribution is 2.28. The summed E-state index contributed by atoms with van der Waals surface area (Å²) < 4.78 is 5.39. The van der Waals surface area contributed by atoms with Crippen molar-refractivity contribution in [1.29, 1.82) is 0 Å². The minimum atomic E-state index is 0.279. The van der Waals surface area contributed by atoms with Crippen LogP contribution in [0.25, 0.3) is 0 Å². The van der Waals surface area contributed by atoms with Crippen LogP contribution in [0.15, 0.2) is 4.52 Å². The van der Waals surface area contributed by atoms with Crippen LogP contribution in [0.3, 0.4) is 0 Å². The maximum Gasteiger partial charge on any atom is 0.226 e. The van der Waals surface area contributed by atoms with Gasteiger partial charge in [0.25, 0.3) is 0 Å². The van der Waals surface area contributed by atoms with Gasteiger partial charge in [0, 0.05) is 18.9 Å². The molecule has 1 N–H and O–H groups in total. The molecule has 0 amide bonds. The molecule has 18 heavy (non-hydrogen) atoms. The van der Waals surface area contributed by atoms with Gasteiger partial charge in [-0.3, -0.25) is 0 Å². The predicted molar refractivity (Wildman–Crippen MR) is 71.5 cm³/mol. The summed E-state index contributed by atoms with van der Waals surface area (Å²) in [5, 5.41) is 7.53. The van der Waals surface area contributed by atoms with E-state index < -0.39 is 0 Å². The summed E-state index contributed by atoms with van der Waals surface area (Å²) in [4.78, 5) is 4.57. The third-order valence-electron chi connectivity index (χ3n) is 4.11. The van der Waals surface area contributed by atoms with E-state index in [1.54, 1.807) is 0 Å². The fourth-order valence-corrected chi connectivity index (χ4v) is 2.16. The molecule has 4 heteroatoms. The van der Waals surface area contributed by atoms with Gasteiger partial charge in [0.15, 0.2) is 5.82 Å². The van der Waals surface area contributed by atoms with Crippen molar-refractivity contribution in [3.63, 3.8) is 0 Å². The van der Waals surface area contributed by atoms with E-state index in [0.717, 1.165) is 31.2 Å². The monoisotopic (exact) mass is 251 g/mol. The topological polar surface area (TPSA) is 51.0 Å². The molecule has 4 nitrogen and oxygen atoms in total. The third kappa shape index (κ3) is 3.31. The van der Waals surface area contributed by atoms with E-state index in [-0.39, 0.29) is 5.41 Å². The summed E-state index contributed by atoms with van der Waals surface area (Å²) >= 11 is 0. The summed E-state index contributed by atoms with van der Waals surface area (Å²) in [6.07, 6.45) is 3.24. The van der Waals surface area contributed by atoms with Crippen LogP contribution in [0, 0.1) is 11.3 Å². The van der Waals surface area contributed by atoms with E-state index in [4.69, 9.17) is 4.52 Å². The van der Waals surface area contributed by atoms with Gasteiger partial charge in [0.1, 0.15) is 0 Å². The Kier molecular flexibility index (Phi) is 4.05. The second kappa shape index (κ2) is 5.39. The van der Waals surface area contributed by atoms with Crippen LogP contribution in [0.4, 0.5) is 0 Å². The van der Waals surface area contributed by atoms with Crippen molar-refractivity contribution in [2.75, 3.05) is 13.1 Å². The molecule has 0 radical (unpaired) electrons. The van der Waals surface area contributed by atoms with Crippen molar-refractivity contribution in [2.24, 2.45) is 11.3 Å². The summed E-state index contributed by atoms with van der Waals surface area (Å²) in [6, 6.07) is 0. The Balaban J connectivity index is 1.97. The quantitative estimate of drug-likeness (QED) is 0.897. The zero-order valence-electron chi connectivity index (χ0n) is 12.0. The van der Waals surface area contributed by atoms with Crippen molar-refractivity contribution in [3.8, 4) is 0 Å². The molecule has 0 spiro atoms. The molecule has 1 aliphatic heterocycles. The Hall–Kier alpha value is -0.900. The molecule has 1 aromatic rings. The van der Waals surface area contributed by atoms with Gasteiger partial charge in [-0.1, -0.05) is 32.9 Å². The molecule has 102 valence electrons. The van der Waals surface area contributed by atoms with Gasteiger partial charge in [-0.25, -0.2) is 0 Å². The Morgan fingerprint density at radius 2 is 2.22 bits per heavy atom. The van der Waals surface area contributed by atoms with Crippen LogP contribution in [-0.4, -0.2) is 23.2 Å². The van der Waals surface area contributed by atoms with E-state index in [1.165, 1.54) is 12.8 Å². The number of rotatable bonds is 3. The highest BCUT2D eigenvalue weighted by atomic mass is 16.5. The predicted octanol–water partition coefficient (Wildman–Crippen LogP) is 2.76. The summed E-state index contributed by atoms with van der Waals surface area (Å²) in [5.74, 6) is 2.65. The van der Waals surface area contributed by atoms with Crippen molar-refractivity contribution in [2.45, 2.75) is 52.9 Å². The van der Waals surface area contributed by atoms with Crippen molar-refractivity contribution >= 4 is 0 Å². The standard InChI is InChI=1S/C14H25N3O/c1-10(14(2,3)4)8-12-16-13(17-18-12)11-6-5-7-15-9-11/h10-11,15H,5-9H2,1-4H3. The van der Waals surface area contributed by atoms with Crippen molar-refractivity contribution in [1.82, 2.24) is 15.5 Å². The highest BCUT2D eigenvalue weighted by Gasteiger charge is 2.25. The number of hydrogen-bond donors (Lipinski definition) is 1. The smallest absolute Gasteiger partial charge is 0.226 e. The normalized spacial score (nSPS) is 23.0. The first-order valence-corrected chi connectivity index (χ1v) is 7.00. The molecular weight excluding hydrogens is 226 g/mol. The van der Waals surface area contributed by atoms with Crippen LogP contribution < -0.4 is 5.32 Å². The highest BCUT2D eigenvalue weighted by molar-refractivity contribution is 4.99. The first-order chi connectivity index (χ1) is 8.47. The van der Waals surface area contributed by atoms with Crippen molar-refractivity contribution < 1.29 is 4.52 Å². The van der Waals surface area contributed by atoms with Gasteiger partial charge in [-0.05, 0) is 30.7 Å². The van der Waals surface area contributed by atoms with Gasteiger partial charge in [-0.15, -0.1) is 0 Å². The van der Waals surface area contributed by atoms with Crippen LogP contribution in [0.5, 0.6) is 0 Å². The molecule has 1 aromatic heterocycles. The summed E-state index contributed by atoms with van der Waals surface area (Å²) in [6.45, 7) is 11.1. The lowest BCUT2D eigenvalue weighted by molar-refractivity contribution is 0.236. The van der Waals surface area contributed by atoms with E-state index in [9.17, 15) is 0 Å². The largest absolute Gasteiger partial charge is 0.339 e.